The Bertz CT molecular complexity index is 734. The summed E-state index contributed by atoms with van der Waals surface area (Å²) in [7, 11) is 6.61. The Morgan fingerprint density at radius 2 is 1.81 bits per heavy atom. The first-order valence-electron chi connectivity index (χ1n) is 8.35. The third-order valence-corrected chi connectivity index (χ3v) is 3.80. The largest absolute Gasteiger partial charge is 0.493 e. The maximum atomic E-state index is 5.33. The highest BCUT2D eigenvalue weighted by molar-refractivity contribution is 5.79. The van der Waals surface area contributed by atoms with Crippen LogP contribution in [0.4, 0.5) is 0 Å². The number of nitrogens with one attached hydrogen (secondary N) is 2. The van der Waals surface area contributed by atoms with Crippen LogP contribution in [-0.2, 0) is 13.0 Å². The summed E-state index contributed by atoms with van der Waals surface area (Å²) in [5.41, 5.74) is 2.03. The Morgan fingerprint density at radius 1 is 1.00 bits per heavy atom. The number of pyridine rings is 1. The fourth-order valence-corrected chi connectivity index (χ4v) is 2.43. The molecule has 0 aliphatic carbocycles. The van der Waals surface area contributed by atoms with E-state index in [9.17, 15) is 0 Å². The van der Waals surface area contributed by atoms with Gasteiger partial charge in [0.15, 0.2) is 17.5 Å². The van der Waals surface area contributed by atoms with Gasteiger partial charge in [0.1, 0.15) is 0 Å². The van der Waals surface area contributed by atoms with Gasteiger partial charge in [-0.15, -0.1) is 0 Å². The van der Waals surface area contributed by atoms with Crippen molar-refractivity contribution in [1.82, 2.24) is 15.6 Å². The second-order valence-electron chi connectivity index (χ2n) is 5.46. The second-order valence-corrected chi connectivity index (χ2v) is 5.46. The highest BCUT2D eigenvalue weighted by Crippen LogP contribution is 2.27. The molecular formula is C19H26N4O3. The number of aliphatic imine (C=N–C) groups is 1. The van der Waals surface area contributed by atoms with Crippen LogP contribution in [0.25, 0.3) is 0 Å². The average molecular weight is 358 g/mol. The molecule has 0 unspecified atom stereocenters. The molecule has 0 fully saturated rings. The Balaban J connectivity index is 1.83. The number of benzene rings is 1. The van der Waals surface area contributed by atoms with Crippen LogP contribution in [0, 0.1) is 0 Å². The summed E-state index contributed by atoms with van der Waals surface area (Å²) in [4.78, 5) is 8.60. The first-order valence-corrected chi connectivity index (χ1v) is 8.35. The van der Waals surface area contributed by atoms with E-state index >= 15 is 0 Å². The second kappa shape index (κ2) is 10.1. The molecule has 26 heavy (non-hydrogen) atoms. The molecule has 0 radical (unpaired) electrons. The van der Waals surface area contributed by atoms with Gasteiger partial charge in [-0.25, -0.2) is 4.98 Å². The van der Waals surface area contributed by atoms with Gasteiger partial charge in [-0.05, 0) is 30.2 Å². The van der Waals surface area contributed by atoms with Crippen LogP contribution in [0.1, 0.15) is 11.3 Å². The summed E-state index contributed by atoms with van der Waals surface area (Å²) >= 11 is 0. The van der Waals surface area contributed by atoms with Crippen molar-refractivity contribution in [3.05, 3.63) is 47.7 Å². The number of guanidine groups is 1. The summed E-state index contributed by atoms with van der Waals surface area (Å²) in [5, 5.41) is 6.53. The van der Waals surface area contributed by atoms with Crippen LogP contribution >= 0.6 is 0 Å². The highest BCUT2D eigenvalue weighted by atomic mass is 16.5. The van der Waals surface area contributed by atoms with Crippen molar-refractivity contribution in [2.45, 2.75) is 13.0 Å². The van der Waals surface area contributed by atoms with E-state index < -0.39 is 0 Å². The number of hydrogen-bond donors (Lipinski definition) is 2. The van der Waals surface area contributed by atoms with E-state index in [0.717, 1.165) is 41.7 Å². The summed E-state index contributed by atoms with van der Waals surface area (Å²) in [6, 6.07) is 11.6. The lowest BCUT2D eigenvalue weighted by molar-refractivity contribution is 0.354. The first kappa shape index (κ1) is 19.4. The summed E-state index contributed by atoms with van der Waals surface area (Å²) in [5.74, 6) is 2.78. The molecule has 140 valence electrons. The van der Waals surface area contributed by atoms with Crippen LogP contribution in [0.2, 0.25) is 0 Å². The average Bonchev–Trinajstić information content (AvgIpc) is 2.70. The highest BCUT2D eigenvalue weighted by Gasteiger charge is 2.05. The fourth-order valence-electron chi connectivity index (χ4n) is 2.43. The topological polar surface area (TPSA) is 77.0 Å². The van der Waals surface area contributed by atoms with Crippen molar-refractivity contribution in [3.63, 3.8) is 0 Å². The van der Waals surface area contributed by atoms with Gasteiger partial charge < -0.3 is 24.8 Å². The van der Waals surface area contributed by atoms with Gasteiger partial charge in [-0.1, -0.05) is 12.1 Å². The molecule has 0 bridgehead atoms. The first-order chi connectivity index (χ1) is 12.7. The van der Waals surface area contributed by atoms with Crippen molar-refractivity contribution in [2.75, 3.05) is 34.9 Å². The molecule has 2 N–H and O–H groups in total. The van der Waals surface area contributed by atoms with Crippen molar-refractivity contribution >= 4 is 5.96 Å². The molecule has 2 rings (SSSR count). The number of rotatable bonds is 8. The van der Waals surface area contributed by atoms with E-state index in [-0.39, 0.29) is 0 Å². The summed E-state index contributed by atoms with van der Waals surface area (Å²) in [6.45, 7) is 1.30. The molecule has 0 saturated heterocycles. The van der Waals surface area contributed by atoms with Gasteiger partial charge >= 0.3 is 0 Å². The minimum Gasteiger partial charge on any atom is -0.493 e. The van der Waals surface area contributed by atoms with Crippen molar-refractivity contribution < 1.29 is 14.2 Å². The lowest BCUT2D eigenvalue weighted by Gasteiger charge is -2.13. The standard InChI is InChI=1S/C19H26N4O3/c1-20-19(22-13-15-6-5-7-18(23-15)26-4)21-11-10-14-8-9-16(24-2)17(12-14)25-3/h5-9,12H,10-11,13H2,1-4H3,(H2,20,21,22). The predicted octanol–water partition coefficient (Wildman–Crippen LogP) is 2.02. The van der Waals surface area contributed by atoms with Crippen LogP contribution in [0.3, 0.4) is 0 Å². The molecule has 1 aromatic heterocycles. The molecule has 1 heterocycles. The molecule has 0 atom stereocenters. The summed E-state index contributed by atoms with van der Waals surface area (Å²) in [6.07, 6.45) is 0.832. The molecule has 0 spiro atoms. The number of nitrogens with zero attached hydrogens (tertiary/aromatic N) is 2. The minimum atomic E-state index is 0.563. The number of ether oxygens (including phenoxy) is 3. The molecule has 7 nitrogen and oxygen atoms in total. The molecule has 1 aromatic carbocycles. The smallest absolute Gasteiger partial charge is 0.213 e. The summed E-state index contributed by atoms with van der Waals surface area (Å²) < 4.78 is 15.7. The van der Waals surface area contributed by atoms with Crippen LogP contribution in [0.5, 0.6) is 17.4 Å². The van der Waals surface area contributed by atoms with Crippen molar-refractivity contribution in [1.29, 1.82) is 0 Å². The third kappa shape index (κ3) is 5.54. The molecule has 2 aromatic rings. The molecule has 0 amide bonds. The normalized spacial score (nSPS) is 11.0. The van der Waals surface area contributed by atoms with E-state index in [4.69, 9.17) is 14.2 Å². The van der Waals surface area contributed by atoms with E-state index in [1.165, 1.54) is 0 Å². The van der Waals surface area contributed by atoms with Crippen LogP contribution in [-0.4, -0.2) is 45.9 Å². The van der Waals surface area contributed by atoms with E-state index in [0.29, 0.717) is 12.4 Å². The van der Waals surface area contributed by atoms with Gasteiger partial charge in [0.2, 0.25) is 5.88 Å². The lowest BCUT2D eigenvalue weighted by Crippen LogP contribution is -2.38. The molecule has 0 aliphatic heterocycles. The van der Waals surface area contributed by atoms with Gasteiger partial charge in [-0.2, -0.15) is 0 Å². The number of aromatic nitrogens is 1. The zero-order chi connectivity index (χ0) is 18.8. The SMILES string of the molecule is CN=C(NCCc1ccc(OC)c(OC)c1)NCc1cccc(OC)n1. The fraction of sp³-hybridized carbons (Fsp3) is 0.368. The van der Waals surface area contributed by atoms with Gasteiger partial charge in [0.25, 0.3) is 0 Å². The quantitative estimate of drug-likeness (QED) is 0.555. The Morgan fingerprint density at radius 3 is 2.50 bits per heavy atom. The minimum absolute atomic E-state index is 0.563. The maximum absolute atomic E-state index is 5.33. The van der Waals surface area contributed by atoms with Gasteiger partial charge in [-0.3, -0.25) is 4.99 Å². The maximum Gasteiger partial charge on any atom is 0.213 e. The van der Waals surface area contributed by atoms with Crippen LogP contribution in [0.15, 0.2) is 41.4 Å². The number of methoxy groups -OCH3 is 3. The molecular weight excluding hydrogens is 332 g/mol. The number of hydrogen-bond acceptors (Lipinski definition) is 5. The van der Waals surface area contributed by atoms with E-state index in [2.05, 4.69) is 20.6 Å². The molecule has 0 aliphatic rings. The van der Waals surface area contributed by atoms with E-state index in [1.807, 2.05) is 36.4 Å². The third-order valence-electron chi connectivity index (χ3n) is 3.80. The van der Waals surface area contributed by atoms with Crippen molar-refractivity contribution in [3.8, 4) is 17.4 Å². The Labute approximate surface area is 154 Å². The Hall–Kier alpha value is -2.96. The van der Waals surface area contributed by atoms with Gasteiger partial charge in [0, 0.05) is 19.7 Å². The van der Waals surface area contributed by atoms with Crippen LogP contribution < -0.4 is 24.8 Å². The zero-order valence-corrected chi connectivity index (χ0v) is 15.7. The zero-order valence-electron chi connectivity index (χ0n) is 15.7. The molecule has 7 heteroatoms. The van der Waals surface area contributed by atoms with Crippen molar-refractivity contribution in [2.24, 2.45) is 4.99 Å². The predicted molar refractivity (Wildman–Crippen MR) is 102 cm³/mol. The monoisotopic (exact) mass is 358 g/mol. The van der Waals surface area contributed by atoms with E-state index in [1.54, 1.807) is 28.4 Å². The molecule has 0 saturated carbocycles. The Kier molecular flexibility index (Phi) is 7.54. The van der Waals surface area contributed by atoms with Gasteiger partial charge in [0.05, 0.1) is 33.6 Å². The lowest BCUT2D eigenvalue weighted by atomic mass is 10.1.